The number of carbonyl (C=O) groups excluding carboxylic acids is 1. The van der Waals surface area contributed by atoms with Gasteiger partial charge in [-0.1, -0.05) is 0 Å². The molecule has 2 nitrogen and oxygen atoms in total. The molecule has 1 aromatic heterocycles. The van der Waals surface area contributed by atoms with Gasteiger partial charge in [-0.25, -0.2) is 0 Å². The Hall–Kier alpha value is -0.670. The van der Waals surface area contributed by atoms with Crippen molar-refractivity contribution in [2.45, 2.75) is 33.2 Å². The number of carbonyl (C=O) groups is 1. The first-order valence-electron chi connectivity index (χ1n) is 5.30. The van der Waals surface area contributed by atoms with Gasteiger partial charge in [-0.05, 0) is 50.9 Å². The lowest BCUT2D eigenvalue weighted by Crippen LogP contribution is -2.19. The minimum atomic E-state index is 0.288. The van der Waals surface area contributed by atoms with Gasteiger partial charge in [0.2, 0.25) is 0 Å². The highest BCUT2D eigenvalue weighted by molar-refractivity contribution is 7.10. The van der Waals surface area contributed by atoms with Crippen LogP contribution in [0.3, 0.4) is 0 Å². The lowest BCUT2D eigenvalue weighted by atomic mass is 10.2. The molecule has 0 aliphatic carbocycles. The summed E-state index contributed by atoms with van der Waals surface area (Å²) in [5.41, 5.74) is 1.37. The molecule has 0 fully saturated rings. The Kier molecular flexibility index (Phi) is 4.99. The van der Waals surface area contributed by atoms with E-state index in [1.807, 2.05) is 11.3 Å². The van der Waals surface area contributed by atoms with Crippen molar-refractivity contribution in [1.82, 2.24) is 4.90 Å². The second-order valence-corrected chi connectivity index (χ2v) is 5.07. The van der Waals surface area contributed by atoms with E-state index < -0.39 is 0 Å². The van der Waals surface area contributed by atoms with E-state index in [4.69, 9.17) is 0 Å². The van der Waals surface area contributed by atoms with Crippen LogP contribution in [0.5, 0.6) is 0 Å². The lowest BCUT2D eigenvalue weighted by molar-refractivity contribution is -0.117. The number of nitrogens with zero attached hydrogens (tertiary/aromatic N) is 1. The zero-order valence-electron chi connectivity index (χ0n) is 9.75. The second-order valence-electron chi connectivity index (χ2n) is 4.07. The molecule has 0 amide bonds. The fraction of sp³-hybridized carbons (Fsp3) is 0.583. The van der Waals surface area contributed by atoms with Crippen LogP contribution in [0.25, 0.3) is 0 Å². The average Bonchev–Trinajstić information content (AvgIpc) is 2.51. The quantitative estimate of drug-likeness (QED) is 0.742. The molecule has 1 heterocycles. The van der Waals surface area contributed by atoms with Gasteiger partial charge >= 0.3 is 0 Å². The molecule has 0 saturated carbocycles. The van der Waals surface area contributed by atoms with E-state index in [2.05, 4.69) is 30.3 Å². The third-order valence-corrected chi connectivity index (χ3v) is 3.46. The maximum absolute atomic E-state index is 10.8. The van der Waals surface area contributed by atoms with Crippen LogP contribution in [0.1, 0.15) is 30.2 Å². The number of Topliss-reactive ketones (excluding diaryl/α,β-unsaturated/α-hetero) is 1. The number of thiophene rings is 1. The molecular weight excluding hydrogens is 206 g/mol. The largest absolute Gasteiger partial charge is 0.301 e. The summed E-state index contributed by atoms with van der Waals surface area (Å²) < 4.78 is 0. The van der Waals surface area contributed by atoms with Crippen molar-refractivity contribution in [3.05, 3.63) is 21.9 Å². The summed E-state index contributed by atoms with van der Waals surface area (Å²) in [6, 6.07) is 2.16. The van der Waals surface area contributed by atoms with Crippen LogP contribution in [0, 0.1) is 6.92 Å². The summed E-state index contributed by atoms with van der Waals surface area (Å²) in [6.07, 6.45) is 1.67. The Morgan fingerprint density at radius 2 is 2.27 bits per heavy atom. The maximum atomic E-state index is 10.8. The van der Waals surface area contributed by atoms with Gasteiger partial charge in [-0.15, -0.1) is 11.3 Å². The van der Waals surface area contributed by atoms with Crippen LogP contribution >= 0.6 is 11.3 Å². The predicted octanol–water partition coefficient (Wildman–Crippen LogP) is 2.86. The molecule has 3 heteroatoms. The number of hydrogen-bond donors (Lipinski definition) is 0. The van der Waals surface area contributed by atoms with E-state index in [0.29, 0.717) is 6.42 Å². The zero-order chi connectivity index (χ0) is 11.3. The highest BCUT2D eigenvalue weighted by Crippen LogP contribution is 2.17. The second kappa shape index (κ2) is 6.03. The van der Waals surface area contributed by atoms with Crippen molar-refractivity contribution >= 4 is 17.1 Å². The van der Waals surface area contributed by atoms with E-state index in [9.17, 15) is 4.79 Å². The maximum Gasteiger partial charge on any atom is 0.129 e. The third kappa shape index (κ3) is 4.58. The Labute approximate surface area is 95.9 Å². The summed E-state index contributed by atoms with van der Waals surface area (Å²) in [5.74, 6) is 0.288. The smallest absolute Gasteiger partial charge is 0.129 e. The Bertz CT molecular complexity index is 319. The fourth-order valence-electron chi connectivity index (χ4n) is 1.49. The molecule has 1 rings (SSSR count). The van der Waals surface area contributed by atoms with Gasteiger partial charge in [0.25, 0.3) is 0 Å². The molecule has 15 heavy (non-hydrogen) atoms. The molecule has 0 radical (unpaired) electrons. The van der Waals surface area contributed by atoms with E-state index >= 15 is 0 Å². The summed E-state index contributed by atoms with van der Waals surface area (Å²) in [7, 11) is 2.11. The number of ketones is 1. The Morgan fingerprint density at radius 3 is 2.80 bits per heavy atom. The minimum Gasteiger partial charge on any atom is -0.301 e. The van der Waals surface area contributed by atoms with Gasteiger partial charge in [-0.3, -0.25) is 0 Å². The first-order chi connectivity index (χ1) is 7.09. The van der Waals surface area contributed by atoms with Gasteiger partial charge < -0.3 is 9.69 Å². The molecule has 0 aromatic carbocycles. The monoisotopic (exact) mass is 225 g/mol. The van der Waals surface area contributed by atoms with Crippen molar-refractivity contribution in [1.29, 1.82) is 0 Å². The summed E-state index contributed by atoms with van der Waals surface area (Å²) in [4.78, 5) is 14.5. The highest BCUT2D eigenvalue weighted by atomic mass is 32.1. The Balaban J connectivity index is 2.27. The number of hydrogen-bond acceptors (Lipinski definition) is 3. The van der Waals surface area contributed by atoms with Crippen molar-refractivity contribution in [2.75, 3.05) is 13.6 Å². The van der Waals surface area contributed by atoms with Crippen molar-refractivity contribution in [3.8, 4) is 0 Å². The average molecular weight is 225 g/mol. The molecule has 0 unspecified atom stereocenters. The number of rotatable bonds is 6. The van der Waals surface area contributed by atoms with E-state index in [0.717, 1.165) is 19.5 Å². The number of aryl methyl sites for hydroxylation is 1. The molecule has 0 atom stereocenters. The first kappa shape index (κ1) is 12.4. The molecular formula is C12H19NOS. The van der Waals surface area contributed by atoms with Gasteiger partial charge in [0.15, 0.2) is 0 Å². The van der Waals surface area contributed by atoms with Crippen LogP contribution < -0.4 is 0 Å². The molecule has 0 aliphatic rings. The van der Waals surface area contributed by atoms with Crippen LogP contribution in [-0.4, -0.2) is 24.3 Å². The van der Waals surface area contributed by atoms with Crippen molar-refractivity contribution in [2.24, 2.45) is 0 Å². The van der Waals surface area contributed by atoms with E-state index in [1.165, 1.54) is 10.4 Å². The van der Waals surface area contributed by atoms with Crippen molar-refractivity contribution < 1.29 is 4.79 Å². The van der Waals surface area contributed by atoms with Gasteiger partial charge in [-0.2, -0.15) is 0 Å². The molecule has 0 spiro atoms. The molecule has 84 valence electrons. The van der Waals surface area contributed by atoms with Gasteiger partial charge in [0, 0.05) is 17.8 Å². The van der Waals surface area contributed by atoms with Crippen LogP contribution in [0.4, 0.5) is 0 Å². The van der Waals surface area contributed by atoms with Crippen molar-refractivity contribution in [3.63, 3.8) is 0 Å². The van der Waals surface area contributed by atoms with Crippen LogP contribution in [0.2, 0.25) is 0 Å². The third-order valence-electron chi connectivity index (χ3n) is 2.45. The zero-order valence-corrected chi connectivity index (χ0v) is 10.6. The SMILES string of the molecule is CC(=O)CCCN(C)Cc1sccc1C. The highest BCUT2D eigenvalue weighted by Gasteiger charge is 2.04. The van der Waals surface area contributed by atoms with Crippen LogP contribution in [-0.2, 0) is 11.3 Å². The summed E-state index contributed by atoms with van der Waals surface area (Å²) in [6.45, 7) is 5.80. The van der Waals surface area contributed by atoms with E-state index in [1.54, 1.807) is 6.92 Å². The van der Waals surface area contributed by atoms with E-state index in [-0.39, 0.29) is 5.78 Å². The molecule has 0 aliphatic heterocycles. The fourth-order valence-corrected chi connectivity index (χ4v) is 2.47. The van der Waals surface area contributed by atoms with Gasteiger partial charge in [0.05, 0.1) is 0 Å². The Morgan fingerprint density at radius 1 is 1.53 bits per heavy atom. The molecule has 1 aromatic rings. The molecule has 0 saturated heterocycles. The normalized spacial score (nSPS) is 10.9. The summed E-state index contributed by atoms with van der Waals surface area (Å²) >= 11 is 1.81. The topological polar surface area (TPSA) is 20.3 Å². The minimum absolute atomic E-state index is 0.288. The first-order valence-corrected chi connectivity index (χ1v) is 6.18. The van der Waals surface area contributed by atoms with Gasteiger partial charge in [0.1, 0.15) is 5.78 Å². The lowest BCUT2D eigenvalue weighted by Gasteiger charge is -2.15. The molecule has 0 N–H and O–H groups in total. The predicted molar refractivity (Wildman–Crippen MR) is 65.3 cm³/mol. The van der Waals surface area contributed by atoms with Crippen LogP contribution in [0.15, 0.2) is 11.4 Å². The summed E-state index contributed by atoms with van der Waals surface area (Å²) in [5, 5.41) is 2.13. The standard InChI is InChI=1S/C12H19NOS/c1-10-6-8-15-12(10)9-13(3)7-4-5-11(2)14/h6,8H,4-5,7,9H2,1-3H3. The molecule has 0 bridgehead atoms.